The number of piperidine rings is 1. The van der Waals surface area contributed by atoms with Crippen molar-refractivity contribution in [3.8, 4) is 5.75 Å². The van der Waals surface area contributed by atoms with Crippen LogP contribution in [0.5, 0.6) is 5.75 Å². The Balaban J connectivity index is 1.55. The number of pyridine rings is 1. The van der Waals surface area contributed by atoms with E-state index in [4.69, 9.17) is 9.47 Å². The van der Waals surface area contributed by atoms with Gasteiger partial charge in [-0.05, 0) is 38.8 Å². The van der Waals surface area contributed by atoms with Crippen LogP contribution in [-0.2, 0) is 4.74 Å². The molecule has 0 aromatic carbocycles. The van der Waals surface area contributed by atoms with E-state index in [-0.39, 0.29) is 18.7 Å². The Morgan fingerprint density at radius 1 is 1.34 bits per heavy atom. The third kappa shape index (κ3) is 4.77. The second-order valence-electron chi connectivity index (χ2n) is 9.16. The molecule has 1 aliphatic carbocycles. The van der Waals surface area contributed by atoms with Gasteiger partial charge in [0.25, 0.3) is 0 Å². The zero-order chi connectivity index (χ0) is 23.1. The summed E-state index contributed by atoms with van der Waals surface area (Å²) in [6, 6.07) is 1.71. The molecule has 1 saturated heterocycles. The molecule has 9 heteroatoms. The Hall–Kier alpha value is -2.94. The summed E-state index contributed by atoms with van der Waals surface area (Å²) in [5.74, 6) is -2.97. The molecular weight excluding hydrogens is 420 g/mol. The number of aliphatic hydroxyl groups is 1. The summed E-state index contributed by atoms with van der Waals surface area (Å²) in [7, 11) is 0. The maximum atomic E-state index is 15.0. The molecule has 4 rings (SSSR count). The van der Waals surface area contributed by atoms with Crippen LogP contribution in [0.1, 0.15) is 39.2 Å². The summed E-state index contributed by atoms with van der Waals surface area (Å²) in [5.41, 5.74) is 1.44. The lowest BCUT2D eigenvalue weighted by atomic mass is 9.99. The maximum Gasteiger partial charge on any atom is 0.410 e. The van der Waals surface area contributed by atoms with Crippen molar-refractivity contribution in [1.82, 2.24) is 14.3 Å². The number of aromatic nitrogens is 2. The van der Waals surface area contributed by atoms with E-state index < -0.39 is 36.4 Å². The number of imidazole rings is 1. The Morgan fingerprint density at radius 3 is 2.78 bits per heavy atom. The summed E-state index contributed by atoms with van der Waals surface area (Å²) in [5, 5.41) is 9.67. The Bertz CT molecular complexity index is 1070. The lowest BCUT2D eigenvalue weighted by molar-refractivity contribution is -0.137. The summed E-state index contributed by atoms with van der Waals surface area (Å²) >= 11 is 0. The maximum absolute atomic E-state index is 15.0. The molecule has 0 saturated carbocycles. The van der Waals surface area contributed by atoms with Crippen molar-refractivity contribution in [2.24, 2.45) is 0 Å². The van der Waals surface area contributed by atoms with E-state index in [0.717, 1.165) is 16.0 Å². The number of halogens is 2. The number of alkyl halides is 2. The van der Waals surface area contributed by atoms with Gasteiger partial charge >= 0.3 is 12.0 Å². The molecular formula is C23H27F2N3O4. The summed E-state index contributed by atoms with van der Waals surface area (Å²) in [6.45, 7) is 4.42. The first kappa shape index (κ1) is 22.3. The monoisotopic (exact) mass is 447 g/mol. The molecule has 172 valence electrons. The van der Waals surface area contributed by atoms with Crippen LogP contribution in [0.4, 0.5) is 13.6 Å². The van der Waals surface area contributed by atoms with Crippen LogP contribution in [0.15, 0.2) is 43.0 Å². The molecule has 2 aliphatic rings. The molecule has 32 heavy (non-hydrogen) atoms. The van der Waals surface area contributed by atoms with Crippen LogP contribution in [0.2, 0.25) is 0 Å². The topological polar surface area (TPSA) is 76.3 Å². The van der Waals surface area contributed by atoms with Gasteiger partial charge in [-0.1, -0.05) is 18.2 Å². The van der Waals surface area contributed by atoms with Crippen molar-refractivity contribution in [2.45, 2.75) is 57.3 Å². The molecule has 1 fully saturated rings. The lowest BCUT2D eigenvalue weighted by Gasteiger charge is -2.38. The van der Waals surface area contributed by atoms with E-state index >= 15 is 0 Å². The van der Waals surface area contributed by atoms with Gasteiger partial charge in [0.1, 0.15) is 16.9 Å². The van der Waals surface area contributed by atoms with Crippen LogP contribution >= 0.6 is 0 Å². The fourth-order valence-electron chi connectivity index (χ4n) is 3.78. The van der Waals surface area contributed by atoms with E-state index in [1.807, 2.05) is 12.3 Å². The third-order valence-electron chi connectivity index (χ3n) is 5.35. The number of likely N-dealkylation sites (tertiary alicyclic amines) is 1. The van der Waals surface area contributed by atoms with Gasteiger partial charge in [0, 0.05) is 24.7 Å². The summed E-state index contributed by atoms with van der Waals surface area (Å²) < 4.78 is 42.7. The second kappa shape index (κ2) is 8.20. The fraction of sp³-hybridized carbons (Fsp3) is 0.478. The van der Waals surface area contributed by atoms with Crippen molar-refractivity contribution < 1.29 is 28.2 Å². The van der Waals surface area contributed by atoms with Gasteiger partial charge < -0.3 is 23.9 Å². The van der Waals surface area contributed by atoms with E-state index in [1.54, 1.807) is 55.9 Å². The number of amides is 1. The number of nitrogens with zero attached hydrogens (tertiary/aromatic N) is 3. The van der Waals surface area contributed by atoms with E-state index in [9.17, 15) is 18.7 Å². The highest BCUT2D eigenvalue weighted by molar-refractivity contribution is 5.77. The molecule has 3 heterocycles. The predicted octanol–water partition coefficient (Wildman–Crippen LogP) is 4.06. The summed E-state index contributed by atoms with van der Waals surface area (Å²) in [6.07, 6.45) is 8.11. The lowest BCUT2D eigenvalue weighted by Crippen LogP contribution is -2.56. The first-order chi connectivity index (χ1) is 15.0. The third-order valence-corrected chi connectivity index (χ3v) is 5.35. The van der Waals surface area contributed by atoms with Gasteiger partial charge in [0.15, 0.2) is 6.10 Å². The minimum Gasteiger partial charge on any atom is -0.482 e. The van der Waals surface area contributed by atoms with Crippen LogP contribution in [0, 0.1) is 0 Å². The predicted molar refractivity (Wildman–Crippen MR) is 115 cm³/mol. The number of ether oxygens (including phenoxy) is 2. The average Bonchev–Trinajstić information content (AvgIpc) is 3.17. The van der Waals surface area contributed by atoms with Crippen molar-refractivity contribution in [1.29, 1.82) is 0 Å². The molecule has 1 amide bonds. The van der Waals surface area contributed by atoms with Gasteiger partial charge in [-0.2, -0.15) is 0 Å². The largest absolute Gasteiger partial charge is 0.482 e. The number of hydrogen-bond donors (Lipinski definition) is 1. The van der Waals surface area contributed by atoms with Gasteiger partial charge in [0.2, 0.25) is 0 Å². The molecule has 0 spiro atoms. The molecule has 2 aromatic rings. The second-order valence-corrected chi connectivity index (χ2v) is 9.16. The Kier molecular flexibility index (Phi) is 5.70. The standard InChI is InChI=1S/C23H27F2N3O4/c1-22(2,3)32-21(30)27-9-8-20(23(24,25)13-27)31-19-10-16(12-28-14-26-11-18(19)28)15-4-6-17(29)7-5-15/h4-6,10-12,14,17,20,29H,7-9,13H2,1-3H3. The van der Waals surface area contributed by atoms with Crippen molar-refractivity contribution in [3.63, 3.8) is 0 Å². The zero-order valence-corrected chi connectivity index (χ0v) is 18.3. The van der Waals surface area contributed by atoms with Crippen LogP contribution in [0.3, 0.4) is 0 Å². The Labute approximate surface area is 184 Å². The quantitative estimate of drug-likeness (QED) is 0.768. The summed E-state index contributed by atoms with van der Waals surface area (Å²) in [4.78, 5) is 17.4. The molecule has 2 atom stereocenters. The van der Waals surface area contributed by atoms with Crippen LogP contribution < -0.4 is 4.74 Å². The minimum atomic E-state index is -3.25. The molecule has 0 radical (unpaired) electrons. The number of allylic oxidation sites excluding steroid dienone is 2. The van der Waals surface area contributed by atoms with Gasteiger partial charge in [-0.3, -0.25) is 0 Å². The van der Waals surface area contributed by atoms with Gasteiger partial charge in [-0.25, -0.2) is 18.6 Å². The zero-order valence-electron chi connectivity index (χ0n) is 18.3. The molecule has 2 aromatic heterocycles. The highest BCUT2D eigenvalue weighted by atomic mass is 19.3. The van der Waals surface area contributed by atoms with Crippen LogP contribution in [-0.4, -0.2) is 62.3 Å². The minimum absolute atomic E-state index is 0.0362. The van der Waals surface area contributed by atoms with Crippen molar-refractivity contribution >= 4 is 17.2 Å². The number of fused-ring (bicyclic) bond motifs is 1. The number of carbonyl (C=O) groups is 1. The average molecular weight is 447 g/mol. The smallest absolute Gasteiger partial charge is 0.410 e. The highest BCUT2D eigenvalue weighted by Crippen LogP contribution is 2.35. The highest BCUT2D eigenvalue weighted by Gasteiger charge is 2.48. The SMILES string of the molecule is CC(C)(C)OC(=O)N1CCC(Oc2cc(C3=CCC(O)C=C3)cn3cncc23)C(F)(F)C1. The molecule has 7 nitrogen and oxygen atoms in total. The number of hydrogen-bond acceptors (Lipinski definition) is 5. The van der Waals surface area contributed by atoms with E-state index in [0.29, 0.717) is 11.9 Å². The Morgan fingerprint density at radius 2 is 2.12 bits per heavy atom. The molecule has 1 N–H and O–H groups in total. The van der Waals surface area contributed by atoms with Gasteiger partial charge in [0.05, 0.1) is 25.2 Å². The van der Waals surface area contributed by atoms with Crippen molar-refractivity contribution in [3.05, 3.63) is 48.6 Å². The van der Waals surface area contributed by atoms with Crippen molar-refractivity contribution in [2.75, 3.05) is 13.1 Å². The number of carbonyl (C=O) groups excluding carboxylic acids is 1. The van der Waals surface area contributed by atoms with E-state index in [2.05, 4.69) is 4.98 Å². The molecule has 0 bridgehead atoms. The normalized spacial score (nSPS) is 23.2. The molecule has 2 unspecified atom stereocenters. The molecule has 1 aliphatic heterocycles. The van der Waals surface area contributed by atoms with E-state index in [1.165, 1.54) is 0 Å². The number of aliphatic hydroxyl groups excluding tert-OH is 1. The van der Waals surface area contributed by atoms with Crippen LogP contribution in [0.25, 0.3) is 11.1 Å². The first-order valence-electron chi connectivity index (χ1n) is 10.6. The van der Waals surface area contributed by atoms with Gasteiger partial charge in [-0.15, -0.1) is 0 Å². The fourth-order valence-corrected chi connectivity index (χ4v) is 3.78. The number of rotatable bonds is 3. The first-order valence-corrected chi connectivity index (χ1v) is 10.6.